The van der Waals surface area contributed by atoms with Crippen LogP contribution in [0, 0.1) is 18.7 Å². The Balaban J connectivity index is 2.74. The molecule has 1 aromatic carbocycles. The van der Waals surface area contributed by atoms with Crippen molar-refractivity contribution in [2.45, 2.75) is 26.8 Å². The number of urea groups is 1. The summed E-state index contributed by atoms with van der Waals surface area (Å²) in [5.74, 6) is -1.84. The van der Waals surface area contributed by atoms with Gasteiger partial charge in [-0.25, -0.2) is 14.0 Å². The summed E-state index contributed by atoms with van der Waals surface area (Å²) in [5, 5.41) is 13.7. The highest BCUT2D eigenvalue weighted by molar-refractivity contribution is 5.92. The highest BCUT2D eigenvalue weighted by Gasteiger charge is 2.23. The van der Waals surface area contributed by atoms with Gasteiger partial charge in [-0.1, -0.05) is 19.9 Å². The fraction of sp³-hybridized carbons (Fsp3) is 0.385. The van der Waals surface area contributed by atoms with Crippen molar-refractivity contribution in [2.75, 3.05) is 5.32 Å². The lowest BCUT2D eigenvalue weighted by Crippen LogP contribution is -2.46. The van der Waals surface area contributed by atoms with Gasteiger partial charge in [0.05, 0.1) is 0 Å². The van der Waals surface area contributed by atoms with E-state index in [1.165, 1.54) is 18.2 Å². The average molecular weight is 268 g/mol. The number of hydrogen-bond donors (Lipinski definition) is 3. The van der Waals surface area contributed by atoms with Gasteiger partial charge in [-0.05, 0) is 30.5 Å². The molecule has 0 saturated carbocycles. The van der Waals surface area contributed by atoms with E-state index in [1.54, 1.807) is 20.8 Å². The van der Waals surface area contributed by atoms with E-state index in [2.05, 4.69) is 10.6 Å². The SMILES string of the molecule is Cc1ccc(F)cc1NC(=O)NC(C(=O)O)C(C)C. The minimum atomic E-state index is -1.11. The van der Waals surface area contributed by atoms with Crippen LogP contribution in [0.5, 0.6) is 0 Å². The molecule has 2 amide bonds. The van der Waals surface area contributed by atoms with Crippen LogP contribution < -0.4 is 10.6 Å². The highest BCUT2D eigenvalue weighted by atomic mass is 19.1. The molecule has 1 aromatic rings. The predicted molar refractivity (Wildman–Crippen MR) is 69.6 cm³/mol. The largest absolute Gasteiger partial charge is 0.480 e. The number of benzene rings is 1. The third-order valence-corrected chi connectivity index (χ3v) is 2.67. The first-order valence-corrected chi connectivity index (χ1v) is 5.87. The van der Waals surface area contributed by atoms with Crippen molar-refractivity contribution in [3.63, 3.8) is 0 Å². The van der Waals surface area contributed by atoms with Gasteiger partial charge in [-0.2, -0.15) is 0 Å². The van der Waals surface area contributed by atoms with E-state index < -0.39 is 23.9 Å². The Kier molecular flexibility index (Phi) is 4.86. The van der Waals surface area contributed by atoms with Gasteiger partial charge in [-0.3, -0.25) is 0 Å². The van der Waals surface area contributed by atoms with Gasteiger partial charge in [0.1, 0.15) is 11.9 Å². The summed E-state index contributed by atoms with van der Waals surface area (Å²) in [7, 11) is 0. The molecule has 0 radical (unpaired) electrons. The molecule has 19 heavy (non-hydrogen) atoms. The molecular formula is C13H17FN2O3. The molecule has 0 aliphatic heterocycles. The van der Waals surface area contributed by atoms with Gasteiger partial charge in [-0.15, -0.1) is 0 Å². The van der Waals surface area contributed by atoms with Crippen molar-refractivity contribution in [3.8, 4) is 0 Å². The van der Waals surface area contributed by atoms with Crippen LogP contribution in [0.2, 0.25) is 0 Å². The second-order valence-corrected chi connectivity index (χ2v) is 4.62. The van der Waals surface area contributed by atoms with Crippen molar-refractivity contribution in [1.82, 2.24) is 5.32 Å². The topological polar surface area (TPSA) is 78.4 Å². The molecule has 1 unspecified atom stereocenters. The normalized spacial score (nSPS) is 12.1. The van der Waals surface area contributed by atoms with Gasteiger partial charge >= 0.3 is 12.0 Å². The van der Waals surface area contributed by atoms with E-state index in [-0.39, 0.29) is 5.92 Å². The second-order valence-electron chi connectivity index (χ2n) is 4.62. The lowest BCUT2D eigenvalue weighted by atomic mass is 10.1. The van der Waals surface area contributed by atoms with E-state index in [0.29, 0.717) is 11.3 Å². The lowest BCUT2D eigenvalue weighted by Gasteiger charge is -2.18. The van der Waals surface area contributed by atoms with Crippen molar-refractivity contribution in [1.29, 1.82) is 0 Å². The number of carboxylic acid groups (broad SMARTS) is 1. The number of carbonyl (C=O) groups is 2. The number of carbonyl (C=O) groups excluding carboxylic acids is 1. The minimum Gasteiger partial charge on any atom is -0.480 e. The predicted octanol–water partition coefficient (Wildman–Crippen LogP) is 2.36. The van der Waals surface area contributed by atoms with E-state index in [1.807, 2.05) is 0 Å². The maximum absolute atomic E-state index is 13.1. The molecule has 0 aliphatic rings. The van der Waals surface area contributed by atoms with Crippen LogP contribution >= 0.6 is 0 Å². The van der Waals surface area contributed by atoms with Crippen molar-refractivity contribution in [3.05, 3.63) is 29.6 Å². The Morgan fingerprint density at radius 2 is 1.95 bits per heavy atom. The number of amides is 2. The summed E-state index contributed by atoms with van der Waals surface area (Å²) in [6.45, 7) is 5.09. The summed E-state index contributed by atoms with van der Waals surface area (Å²) in [6.07, 6.45) is 0. The van der Waals surface area contributed by atoms with Crippen LogP contribution in [0.3, 0.4) is 0 Å². The molecule has 1 atom stereocenters. The molecule has 0 aliphatic carbocycles. The summed E-state index contributed by atoms with van der Waals surface area (Å²) >= 11 is 0. The summed E-state index contributed by atoms with van der Waals surface area (Å²) in [6, 6.07) is 2.33. The summed E-state index contributed by atoms with van der Waals surface area (Å²) in [4.78, 5) is 22.6. The number of aliphatic carboxylic acids is 1. The zero-order valence-electron chi connectivity index (χ0n) is 11.0. The van der Waals surface area contributed by atoms with E-state index in [4.69, 9.17) is 5.11 Å². The number of carboxylic acids is 1. The zero-order chi connectivity index (χ0) is 14.6. The monoisotopic (exact) mass is 268 g/mol. The Hall–Kier alpha value is -2.11. The molecule has 6 heteroatoms. The smallest absolute Gasteiger partial charge is 0.326 e. The van der Waals surface area contributed by atoms with Gasteiger partial charge in [0.15, 0.2) is 0 Å². The molecule has 1 rings (SSSR count). The number of halogens is 1. The standard InChI is InChI=1S/C13H17FN2O3/c1-7(2)11(12(17)18)16-13(19)15-10-6-9(14)5-4-8(10)3/h4-7,11H,1-3H3,(H,17,18)(H2,15,16,19). The fourth-order valence-electron chi connectivity index (χ4n) is 1.54. The first-order chi connectivity index (χ1) is 8.81. The maximum atomic E-state index is 13.1. The van der Waals surface area contributed by atoms with Crippen LogP contribution in [-0.4, -0.2) is 23.1 Å². The number of anilines is 1. The fourth-order valence-corrected chi connectivity index (χ4v) is 1.54. The number of rotatable bonds is 4. The Labute approximate surface area is 110 Å². The Morgan fingerprint density at radius 3 is 2.47 bits per heavy atom. The molecule has 104 valence electrons. The van der Waals surface area contributed by atoms with Gasteiger partial charge in [0.25, 0.3) is 0 Å². The average Bonchev–Trinajstić information content (AvgIpc) is 2.30. The van der Waals surface area contributed by atoms with Gasteiger partial charge in [0, 0.05) is 5.69 Å². The van der Waals surface area contributed by atoms with Crippen LogP contribution in [0.1, 0.15) is 19.4 Å². The third-order valence-electron chi connectivity index (χ3n) is 2.67. The molecule has 0 saturated heterocycles. The minimum absolute atomic E-state index is 0.253. The number of nitrogens with one attached hydrogen (secondary N) is 2. The van der Waals surface area contributed by atoms with E-state index in [9.17, 15) is 14.0 Å². The van der Waals surface area contributed by atoms with Crippen LogP contribution in [0.25, 0.3) is 0 Å². The molecule has 0 fully saturated rings. The Bertz CT molecular complexity index is 489. The highest BCUT2D eigenvalue weighted by Crippen LogP contribution is 2.15. The quantitative estimate of drug-likeness (QED) is 0.784. The first kappa shape index (κ1) is 14.9. The summed E-state index contributed by atoms with van der Waals surface area (Å²) in [5.41, 5.74) is 0.998. The number of aryl methyl sites for hydroxylation is 1. The molecule has 3 N–H and O–H groups in total. The molecule has 0 aromatic heterocycles. The van der Waals surface area contributed by atoms with Crippen LogP contribution in [0.4, 0.5) is 14.9 Å². The van der Waals surface area contributed by atoms with E-state index >= 15 is 0 Å². The van der Waals surface area contributed by atoms with Crippen molar-refractivity contribution < 1.29 is 19.1 Å². The molecule has 0 bridgehead atoms. The third kappa shape index (κ3) is 4.24. The molecular weight excluding hydrogens is 251 g/mol. The maximum Gasteiger partial charge on any atom is 0.326 e. The zero-order valence-corrected chi connectivity index (χ0v) is 11.0. The number of hydrogen-bond acceptors (Lipinski definition) is 2. The molecule has 0 heterocycles. The summed E-state index contributed by atoms with van der Waals surface area (Å²) < 4.78 is 13.1. The first-order valence-electron chi connectivity index (χ1n) is 5.87. The molecule has 5 nitrogen and oxygen atoms in total. The van der Waals surface area contributed by atoms with Gasteiger partial charge in [0.2, 0.25) is 0 Å². The molecule has 0 spiro atoms. The van der Waals surface area contributed by atoms with Crippen molar-refractivity contribution >= 4 is 17.7 Å². The van der Waals surface area contributed by atoms with E-state index in [0.717, 1.165) is 0 Å². The second kappa shape index (κ2) is 6.17. The van der Waals surface area contributed by atoms with Gasteiger partial charge < -0.3 is 15.7 Å². The lowest BCUT2D eigenvalue weighted by molar-refractivity contribution is -0.140. The van der Waals surface area contributed by atoms with Crippen molar-refractivity contribution in [2.24, 2.45) is 5.92 Å². The van der Waals surface area contributed by atoms with Crippen LogP contribution in [-0.2, 0) is 4.79 Å². The Morgan fingerprint density at radius 1 is 1.32 bits per heavy atom. The van der Waals surface area contributed by atoms with Crippen LogP contribution in [0.15, 0.2) is 18.2 Å².